The second-order valence-electron chi connectivity index (χ2n) is 8.97. The number of hydrogen-bond acceptors (Lipinski definition) is 8. The number of carboxylic acids is 1. The fourth-order valence-electron chi connectivity index (χ4n) is 4.64. The average molecular weight is 521 g/mol. The lowest BCUT2D eigenvalue weighted by molar-refractivity contribution is -0.138. The minimum atomic E-state index is -1.04. The van der Waals surface area contributed by atoms with Crippen LogP contribution in [0.1, 0.15) is 17.5 Å². The molecule has 1 aliphatic rings. The minimum absolute atomic E-state index is 0.108. The smallest absolute Gasteiger partial charge is 0.326 e. The Balaban J connectivity index is 1.44. The molecule has 3 heterocycles. The third-order valence-corrected chi connectivity index (χ3v) is 6.71. The highest BCUT2D eigenvalue weighted by molar-refractivity contribution is 6.33. The van der Waals surface area contributed by atoms with E-state index >= 15 is 0 Å². The van der Waals surface area contributed by atoms with Crippen LogP contribution in [0.5, 0.6) is 0 Å². The molecule has 0 amide bonds. The number of methoxy groups -OCH3 is 1. The number of aliphatic hydroxyl groups is 1. The Bertz CT molecular complexity index is 1460. The van der Waals surface area contributed by atoms with Crippen LogP contribution < -0.4 is 4.90 Å². The lowest BCUT2D eigenvalue weighted by Crippen LogP contribution is -2.36. The summed E-state index contributed by atoms with van der Waals surface area (Å²) in [6, 6.07) is 14.8. The monoisotopic (exact) mass is 520 g/mol. The van der Waals surface area contributed by atoms with E-state index in [4.69, 9.17) is 20.9 Å². The molecule has 0 bridgehead atoms. The van der Waals surface area contributed by atoms with Gasteiger partial charge >= 0.3 is 5.97 Å². The molecule has 0 aliphatic carbocycles. The minimum Gasteiger partial charge on any atom is -0.480 e. The zero-order valence-electron chi connectivity index (χ0n) is 20.3. The maximum absolute atomic E-state index is 11.6. The van der Waals surface area contributed by atoms with Gasteiger partial charge in [0.15, 0.2) is 0 Å². The SMILES string of the molecule is COCc1cc(-c2nc(-c3cnc(N4C[C@H](O)C[C@H]4C(=O)O)c(Cl)c3)no2)ccc1-c1ccccc1C. The average Bonchev–Trinajstić information content (AvgIpc) is 3.52. The fraction of sp³-hybridized carbons (Fsp3) is 0.259. The Morgan fingerprint density at radius 3 is 2.73 bits per heavy atom. The molecule has 9 nitrogen and oxygen atoms in total. The summed E-state index contributed by atoms with van der Waals surface area (Å²) in [5, 5.41) is 23.8. The van der Waals surface area contributed by atoms with Gasteiger partial charge in [-0.05, 0) is 47.4 Å². The van der Waals surface area contributed by atoms with Crippen LogP contribution in [0, 0.1) is 6.92 Å². The van der Waals surface area contributed by atoms with E-state index in [0.29, 0.717) is 23.9 Å². The summed E-state index contributed by atoms with van der Waals surface area (Å²) in [7, 11) is 1.65. The Labute approximate surface area is 218 Å². The molecule has 5 rings (SSSR count). The van der Waals surface area contributed by atoms with Crippen LogP contribution in [0.15, 0.2) is 59.3 Å². The van der Waals surface area contributed by atoms with Crippen LogP contribution in [0.25, 0.3) is 34.0 Å². The number of nitrogens with zero attached hydrogens (tertiary/aromatic N) is 4. The molecule has 4 aromatic rings. The number of benzene rings is 2. The zero-order valence-corrected chi connectivity index (χ0v) is 21.0. The maximum Gasteiger partial charge on any atom is 0.326 e. The van der Waals surface area contributed by atoms with Crippen LogP contribution in [0.3, 0.4) is 0 Å². The summed E-state index contributed by atoms with van der Waals surface area (Å²) >= 11 is 6.47. The van der Waals surface area contributed by atoms with Crippen molar-refractivity contribution in [3.8, 4) is 34.0 Å². The molecule has 2 atom stereocenters. The molecule has 1 saturated heterocycles. The Morgan fingerprint density at radius 1 is 1.19 bits per heavy atom. The normalized spacial score (nSPS) is 17.4. The third kappa shape index (κ3) is 4.93. The molecule has 0 unspecified atom stereocenters. The Hall–Kier alpha value is -3.79. The molecule has 37 heavy (non-hydrogen) atoms. The topological polar surface area (TPSA) is 122 Å². The highest BCUT2D eigenvalue weighted by Gasteiger charge is 2.37. The van der Waals surface area contributed by atoms with Gasteiger partial charge in [-0.3, -0.25) is 0 Å². The number of aromatic nitrogens is 3. The molecular weight excluding hydrogens is 496 g/mol. The van der Waals surface area contributed by atoms with Crippen molar-refractivity contribution < 1.29 is 24.3 Å². The van der Waals surface area contributed by atoms with Crippen molar-refractivity contribution in [2.24, 2.45) is 0 Å². The number of rotatable bonds is 7. The second kappa shape index (κ2) is 10.3. The number of carboxylic acid groups (broad SMARTS) is 1. The number of aliphatic hydroxyl groups excluding tert-OH is 1. The second-order valence-corrected chi connectivity index (χ2v) is 9.38. The molecular formula is C27H25ClN4O5. The lowest BCUT2D eigenvalue weighted by Gasteiger charge is -2.23. The van der Waals surface area contributed by atoms with Gasteiger partial charge in [0.05, 0.1) is 17.7 Å². The van der Waals surface area contributed by atoms with E-state index < -0.39 is 18.1 Å². The highest BCUT2D eigenvalue weighted by atomic mass is 35.5. The fourth-order valence-corrected chi connectivity index (χ4v) is 4.92. The van der Waals surface area contributed by atoms with E-state index in [0.717, 1.165) is 22.3 Å². The number of carbonyl (C=O) groups is 1. The largest absolute Gasteiger partial charge is 0.480 e. The molecule has 190 valence electrons. The molecule has 2 aromatic heterocycles. The summed E-state index contributed by atoms with van der Waals surface area (Å²) in [5.74, 6) is -0.127. The Kier molecular flexibility index (Phi) is 6.92. The first-order valence-electron chi connectivity index (χ1n) is 11.7. The first kappa shape index (κ1) is 24.9. The number of aryl methyl sites for hydroxylation is 1. The van der Waals surface area contributed by atoms with Crippen LogP contribution in [0.2, 0.25) is 5.02 Å². The van der Waals surface area contributed by atoms with Gasteiger partial charge in [-0.2, -0.15) is 4.98 Å². The van der Waals surface area contributed by atoms with Gasteiger partial charge in [0.1, 0.15) is 11.9 Å². The number of β-amino-alcohol motifs (C(OH)–C–C–N with tert-alkyl or cyclic N) is 1. The van der Waals surface area contributed by atoms with Gasteiger partial charge in [-0.15, -0.1) is 0 Å². The van der Waals surface area contributed by atoms with E-state index in [-0.39, 0.29) is 23.8 Å². The van der Waals surface area contributed by atoms with Crippen molar-refractivity contribution in [2.75, 3.05) is 18.6 Å². The van der Waals surface area contributed by atoms with Crippen molar-refractivity contribution >= 4 is 23.4 Å². The first-order valence-corrected chi connectivity index (χ1v) is 12.1. The van der Waals surface area contributed by atoms with Crippen LogP contribution in [0.4, 0.5) is 5.82 Å². The van der Waals surface area contributed by atoms with Crippen LogP contribution in [-0.4, -0.2) is 57.1 Å². The van der Waals surface area contributed by atoms with Gasteiger partial charge in [-0.25, -0.2) is 9.78 Å². The quantitative estimate of drug-likeness (QED) is 0.360. The number of hydrogen-bond donors (Lipinski definition) is 2. The van der Waals surface area contributed by atoms with Crippen molar-refractivity contribution in [1.82, 2.24) is 15.1 Å². The molecule has 1 aliphatic heterocycles. The van der Waals surface area contributed by atoms with E-state index in [1.54, 1.807) is 13.2 Å². The van der Waals surface area contributed by atoms with E-state index in [2.05, 4.69) is 34.2 Å². The van der Waals surface area contributed by atoms with E-state index in [1.165, 1.54) is 16.7 Å². The maximum atomic E-state index is 11.6. The molecule has 0 saturated carbocycles. The predicted molar refractivity (Wildman–Crippen MR) is 138 cm³/mol. The highest BCUT2D eigenvalue weighted by Crippen LogP contribution is 2.34. The predicted octanol–water partition coefficient (Wildman–Crippen LogP) is 4.60. The zero-order chi connectivity index (χ0) is 26.1. The van der Waals surface area contributed by atoms with Crippen molar-refractivity contribution in [1.29, 1.82) is 0 Å². The van der Waals surface area contributed by atoms with Gasteiger partial charge < -0.3 is 24.4 Å². The van der Waals surface area contributed by atoms with Gasteiger partial charge in [0, 0.05) is 37.4 Å². The van der Waals surface area contributed by atoms with Crippen molar-refractivity contribution in [3.05, 3.63) is 70.9 Å². The third-order valence-electron chi connectivity index (χ3n) is 6.43. The van der Waals surface area contributed by atoms with Gasteiger partial charge in [0.25, 0.3) is 5.89 Å². The standard InChI is InChI=1S/C27H25ClN4O5/c1-15-5-3-4-6-20(15)21-8-7-16(9-18(21)14-36-2)26-30-24(31-37-26)17-10-22(28)25(29-12-17)32-13-19(33)11-23(32)27(34)35/h3-10,12,19,23,33H,11,13-14H2,1-2H3,(H,34,35)/t19-,23+/m1/s1. The van der Waals surface area contributed by atoms with E-state index in [9.17, 15) is 15.0 Å². The molecule has 1 fully saturated rings. The molecule has 2 N–H and O–H groups in total. The van der Waals surface area contributed by atoms with Crippen LogP contribution >= 0.6 is 11.6 Å². The summed E-state index contributed by atoms with van der Waals surface area (Å²) in [6.07, 6.45) is 0.854. The number of pyridine rings is 1. The molecule has 0 spiro atoms. The molecule has 0 radical (unpaired) electrons. The van der Waals surface area contributed by atoms with E-state index in [1.807, 2.05) is 30.3 Å². The number of halogens is 1. The van der Waals surface area contributed by atoms with Gasteiger partial charge in [0.2, 0.25) is 5.82 Å². The van der Waals surface area contributed by atoms with Crippen molar-refractivity contribution in [2.45, 2.75) is 32.1 Å². The first-order chi connectivity index (χ1) is 17.9. The Morgan fingerprint density at radius 2 is 2.00 bits per heavy atom. The number of anilines is 1. The summed E-state index contributed by atoms with van der Waals surface area (Å²) in [5.41, 5.74) is 5.62. The van der Waals surface area contributed by atoms with Gasteiger partial charge in [-0.1, -0.05) is 47.1 Å². The molecule has 2 aromatic carbocycles. The summed E-state index contributed by atoms with van der Waals surface area (Å²) < 4.78 is 11.0. The summed E-state index contributed by atoms with van der Waals surface area (Å²) in [6.45, 7) is 2.63. The van der Waals surface area contributed by atoms with Crippen molar-refractivity contribution in [3.63, 3.8) is 0 Å². The number of aliphatic carboxylic acids is 1. The lowest BCUT2D eigenvalue weighted by atomic mass is 9.94. The summed E-state index contributed by atoms with van der Waals surface area (Å²) in [4.78, 5) is 22.0. The molecule has 10 heteroatoms. The number of ether oxygens (including phenoxy) is 1. The van der Waals surface area contributed by atoms with Crippen LogP contribution in [-0.2, 0) is 16.1 Å².